The lowest BCUT2D eigenvalue weighted by Crippen LogP contribution is -2.33. The zero-order valence-electron chi connectivity index (χ0n) is 16.0. The maximum atomic E-state index is 15.4. The first-order valence-corrected chi connectivity index (χ1v) is 9.40. The van der Waals surface area contributed by atoms with Gasteiger partial charge in [0.05, 0.1) is 12.3 Å². The van der Waals surface area contributed by atoms with Crippen LogP contribution in [0.3, 0.4) is 0 Å². The van der Waals surface area contributed by atoms with Crippen LogP contribution in [0.25, 0.3) is 0 Å². The van der Waals surface area contributed by atoms with Crippen molar-refractivity contribution in [2.24, 2.45) is 4.99 Å². The molecular formula is C19H18ClFN8O. The number of nitrogens with two attached hydrogens (primary N) is 2. The van der Waals surface area contributed by atoms with Crippen LogP contribution in [0.1, 0.15) is 42.5 Å². The van der Waals surface area contributed by atoms with Gasteiger partial charge in [-0.1, -0.05) is 24.9 Å². The third-order valence-corrected chi connectivity index (χ3v) is 4.81. The summed E-state index contributed by atoms with van der Waals surface area (Å²) in [6.45, 7) is 2.33. The summed E-state index contributed by atoms with van der Waals surface area (Å²) in [7, 11) is 0. The maximum absolute atomic E-state index is 15.4. The van der Waals surface area contributed by atoms with E-state index < -0.39 is 11.9 Å². The van der Waals surface area contributed by atoms with Crippen molar-refractivity contribution in [2.45, 2.75) is 25.8 Å². The van der Waals surface area contributed by atoms with Gasteiger partial charge in [0.2, 0.25) is 5.96 Å². The second-order valence-corrected chi connectivity index (χ2v) is 6.78. The highest BCUT2D eigenvalue weighted by Crippen LogP contribution is 2.44. The van der Waals surface area contributed by atoms with Crippen LogP contribution in [0.15, 0.2) is 17.1 Å². The van der Waals surface area contributed by atoms with E-state index in [1.54, 1.807) is 6.19 Å². The van der Waals surface area contributed by atoms with E-state index in [9.17, 15) is 5.26 Å². The lowest BCUT2D eigenvalue weighted by molar-refractivity contribution is 0.293. The van der Waals surface area contributed by atoms with Gasteiger partial charge in [-0.3, -0.25) is 5.32 Å². The van der Waals surface area contributed by atoms with Crippen LogP contribution in [0.5, 0.6) is 5.75 Å². The number of guanidine groups is 1. The minimum Gasteiger partial charge on any atom is -0.491 e. The van der Waals surface area contributed by atoms with Crippen molar-refractivity contribution >= 4 is 34.9 Å². The number of unbranched alkanes of at least 4 members (excludes halogenated alkanes) is 1. The molecule has 1 aliphatic rings. The van der Waals surface area contributed by atoms with Crippen LogP contribution in [0.2, 0.25) is 5.02 Å². The van der Waals surface area contributed by atoms with Crippen molar-refractivity contribution in [3.63, 3.8) is 0 Å². The number of ether oxygens (including phenoxy) is 1. The van der Waals surface area contributed by atoms with Crippen LogP contribution in [0.4, 0.5) is 21.7 Å². The summed E-state index contributed by atoms with van der Waals surface area (Å²) < 4.78 is 20.9. The van der Waals surface area contributed by atoms with E-state index >= 15 is 4.39 Å². The summed E-state index contributed by atoms with van der Waals surface area (Å²) in [4.78, 5) is 8.46. The van der Waals surface area contributed by atoms with Gasteiger partial charge in [-0.05, 0) is 18.6 Å². The minimum absolute atomic E-state index is 0.00113. The monoisotopic (exact) mass is 428 g/mol. The SMILES string of the molecule is CCCCOc1ccc(Cl)c(C2N=C(NC#N)Nc3nc(N)c(C#N)c(N)c32)c1F. The standard InChI is InChI=1S/C19H18ClFN8O/c1-2-3-6-30-11-5-4-10(20)12(14(11)21)16-13-15(24)9(7-22)17(25)28-18(13)29-19(27-16)26-8-23/h4-5,16H,2-3,6H2,1H3,(H6,24,25,26,27,28,29). The number of anilines is 3. The molecule has 9 nitrogen and oxygen atoms in total. The molecule has 0 aliphatic carbocycles. The quantitative estimate of drug-likeness (QED) is 0.321. The number of nitrogen functional groups attached to an aromatic ring is 2. The second kappa shape index (κ2) is 8.72. The number of hydrogen-bond acceptors (Lipinski definition) is 9. The molecule has 0 amide bonds. The number of nitrogens with zero attached hydrogens (tertiary/aromatic N) is 4. The molecule has 0 saturated carbocycles. The van der Waals surface area contributed by atoms with Crippen molar-refractivity contribution < 1.29 is 9.13 Å². The maximum Gasteiger partial charge on any atom is 0.211 e. The lowest BCUT2D eigenvalue weighted by atomic mass is 9.94. The van der Waals surface area contributed by atoms with Crippen molar-refractivity contribution in [1.82, 2.24) is 10.3 Å². The Morgan fingerprint density at radius 1 is 1.33 bits per heavy atom. The molecule has 0 saturated heterocycles. The fourth-order valence-corrected chi connectivity index (χ4v) is 3.28. The van der Waals surface area contributed by atoms with Gasteiger partial charge < -0.3 is 21.5 Å². The van der Waals surface area contributed by atoms with Crippen LogP contribution in [-0.4, -0.2) is 17.6 Å². The van der Waals surface area contributed by atoms with E-state index in [-0.39, 0.29) is 50.7 Å². The molecular weight excluding hydrogens is 411 g/mol. The molecule has 1 aliphatic heterocycles. The average Bonchev–Trinajstić information content (AvgIpc) is 2.70. The fraction of sp³-hybridized carbons (Fsp3) is 0.263. The number of aliphatic imine (C=N–C) groups is 1. The Bertz CT molecular complexity index is 1110. The Morgan fingerprint density at radius 3 is 2.77 bits per heavy atom. The van der Waals surface area contributed by atoms with Gasteiger partial charge in [0.25, 0.3) is 0 Å². The first kappa shape index (κ1) is 21.0. The van der Waals surface area contributed by atoms with Crippen molar-refractivity contribution in [1.29, 1.82) is 10.5 Å². The van der Waals surface area contributed by atoms with Gasteiger partial charge in [-0.2, -0.15) is 10.5 Å². The number of aromatic nitrogens is 1. The molecule has 30 heavy (non-hydrogen) atoms. The number of hydrogen-bond donors (Lipinski definition) is 4. The first-order chi connectivity index (χ1) is 14.4. The zero-order valence-corrected chi connectivity index (χ0v) is 16.7. The van der Waals surface area contributed by atoms with E-state index in [0.29, 0.717) is 6.61 Å². The highest BCUT2D eigenvalue weighted by Gasteiger charge is 2.33. The number of rotatable bonds is 5. The lowest BCUT2D eigenvalue weighted by Gasteiger charge is -2.27. The van der Waals surface area contributed by atoms with Crippen LogP contribution in [-0.2, 0) is 0 Å². The summed E-state index contributed by atoms with van der Waals surface area (Å²) in [5.41, 5.74) is 12.1. The van der Waals surface area contributed by atoms with E-state index in [4.69, 9.17) is 33.1 Å². The van der Waals surface area contributed by atoms with E-state index in [1.807, 2.05) is 13.0 Å². The van der Waals surface area contributed by atoms with Gasteiger partial charge >= 0.3 is 0 Å². The Labute approximate surface area is 177 Å². The smallest absolute Gasteiger partial charge is 0.211 e. The summed E-state index contributed by atoms with van der Waals surface area (Å²) in [5.74, 6) is -0.684. The topological polar surface area (TPSA) is 158 Å². The third kappa shape index (κ3) is 3.73. The molecule has 0 radical (unpaired) electrons. The fourth-order valence-electron chi connectivity index (χ4n) is 3.03. The van der Waals surface area contributed by atoms with Gasteiger partial charge in [-0.25, -0.2) is 14.4 Å². The van der Waals surface area contributed by atoms with E-state index in [2.05, 4.69) is 20.6 Å². The summed E-state index contributed by atoms with van der Waals surface area (Å²) in [6.07, 6.45) is 3.37. The molecule has 11 heteroatoms. The Hall–Kier alpha value is -3.76. The molecule has 2 heterocycles. The molecule has 1 aromatic heterocycles. The molecule has 1 aromatic carbocycles. The predicted molar refractivity (Wildman–Crippen MR) is 111 cm³/mol. The van der Waals surface area contributed by atoms with Crippen LogP contribution in [0, 0.1) is 28.6 Å². The number of benzene rings is 1. The molecule has 0 fully saturated rings. The second-order valence-electron chi connectivity index (χ2n) is 6.38. The molecule has 6 N–H and O–H groups in total. The zero-order chi connectivity index (χ0) is 21.8. The number of fused-ring (bicyclic) bond motifs is 1. The van der Waals surface area contributed by atoms with Gasteiger partial charge in [0.1, 0.15) is 29.3 Å². The van der Waals surface area contributed by atoms with Crippen molar-refractivity contribution in [2.75, 3.05) is 23.4 Å². The molecule has 2 aromatic rings. The molecule has 0 spiro atoms. The van der Waals surface area contributed by atoms with Crippen molar-refractivity contribution in [3.8, 4) is 18.0 Å². The Kier molecular flexibility index (Phi) is 6.09. The van der Waals surface area contributed by atoms with Crippen LogP contribution < -0.4 is 26.8 Å². The van der Waals surface area contributed by atoms with E-state index in [1.165, 1.54) is 12.1 Å². The number of halogens is 2. The molecule has 0 bridgehead atoms. The third-order valence-electron chi connectivity index (χ3n) is 4.48. The van der Waals surface area contributed by atoms with Crippen molar-refractivity contribution in [3.05, 3.63) is 39.7 Å². The van der Waals surface area contributed by atoms with E-state index in [0.717, 1.165) is 12.8 Å². The molecule has 3 rings (SSSR count). The normalized spacial score (nSPS) is 14.6. The first-order valence-electron chi connectivity index (χ1n) is 9.02. The molecule has 1 atom stereocenters. The number of nitriles is 2. The summed E-state index contributed by atoms with van der Waals surface area (Å²) >= 11 is 6.32. The summed E-state index contributed by atoms with van der Waals surface area (Å²) in [5, 5.41) is 23.5. The minimum atomic E-state index is -1.10. The van der Waals surface area contributed by atoms with Gasteiger partial charge in [0, 0.05) is 16.1 Å². The molecule has 1 unspecified atom stereocenters. The largest absolute Gasteiger partial charge is 0.491 e. The Morgan fingerprint density at radius 2 is 2.10 bits per heavy atom. The van der Waals surface area contributed by atoms with Gasteiger partial charge in [0.15, 0.2) is 17.8 Å². The predicted octanol–water partition coefficient (Wildman–Crippen LogP) is 3.03. The highest BCUT2D eigenvalue weighted by molar-refractivity contribution is 6.31. The Balaban J connectivity index is 2.22. The number of pyridine rings is 1. The summed E-state index contributed by atoms with van der Waals surface area (Å²) in [6, 6.07) is 3.71. The highest BCUT2D eigenvalue weighted by atomic mass is 35.5. The number of nitrogens with one attached hydrogen (secondary N) is 2. The average molecular weight is 429 g/mol. The van der Waals surface area contributed by atoms with Crippen LogP contribution >= 0.6 is 11.6 Å². The van der Waals surface area contributed by atoms with Gasteiger partial charge in [-0.15, -0.1) is 0 Å². The molecule has 154 valence electrons.